The van der Waals surface area contributed by atoms with E-state index in [2.05, 4.69) is 25.2 Å². The molecule has 0 bridgehead atoms. The number of hydrogen-bond acceptors (Lipinski definition) is 3. The first-order valence-corrected chi connectivity index (χ1v) is 6.79. The minimum atomic E-state index is -0.210. The van der Waals surface area contributed by atoms with Crippen LogP contribution in [-0.2, 0) is 9.53 Å². The van der Waals surface area contributed by atoms with Crippen molar-refractivity contribution in [1.29, 1.82) is 0 Å². The van der Waals surface area contributed by atoms with E-state index >= 15 is 0 Å². The van der Waals surface area contributed by atoms with Gasteiger partial charge in [0.05, 0.1) is 13.2 Å². The van der Waals surface area contributed by atoms with Crippen molar-refractivity contribution in [3.63, 3.8) is 0 Å². The summed E-state index contributed by atoms with van der Waals surface area (Å²) in [7, 11) is 0. The fourth-order valence-electron chi connectivity index (χ4n) is 2.26. The second-order valence-corrected chi connectivity index (χ2v) is 5.05. The number of aryl methyl sites for hydroxylation is 1. The van der Waals surface area contributed by atoms with Crippen molar-refractivity contribution in [2.24, 2.45) is 0 Å². The highest BCUT2D eigenvalue weighted by atomic mass is 16.5. The Morgan fingerprint density at radius 1 is 1.32 bits per heavy atom. The van der Waals surface area contributed by atoms with Gasteiger partial charge in [0, 0.05) is 18.8 Å². The highest BCUT2D eigenvalue weighted by Gasteiger charge is 2.22. The predicted molar refractivity (Wildman–Crippen MR) is 76.4 cm³/mol. The van der Waals surface area contributed by atoms with E-state index in [1.54, 1.807) is 0 Å². The summed E-state index contributed by atoms with van der Waals surface area (Å²) >= 11 is 0. The van der Waals surface area contributed by atoms with Gasteiger partial charge >= 0.3 is 0 Å². The average molecular weight is 262 g/mol. The molecule has 1 heterocycles. The van der Waals surface area contributed by atoms with E-state index < -0.39 is 0 Å². The lowest BCUT2D eigenvalue weighted by atomic mass is 10.1. The Balaban J connectivity index is 2.01. The van der Waals surface area contributed by atoms with Crippen LogP contribution in [0.2, 0.25) is 0 Å². The van der Waals surface area contributed by atoms with Crippen LogP contribution in [0.3, 0.4) is 0 Å². The van der Waals surface area contributed by atoms with Crippen molar-refractivity contribution >= 4 is 11.6 Å². The molecular formula is C15H22N2O2. The van der Waals surface area contributed by atoms with Crippen LogP contribution in [0, 0.1) is 13.8 Å². The molecule has 1 atom stereocenters. The van der Waals surface area contributed by atoms with Gasteiger partial charge in [-0.15, -0.1) is 0 Å². The number of nitrogens with one attached hydrogen (secondary N) is 1. The minimum absolute atomic E-state index is 0.143. The third-order valence-corrected chi connectivity index (χ3v) is 3.67. The van der Waals surface area contributed by atoms with Gasteiger partial charge in [-0.2, -0.15) is 0 Å². The molecule has 0 aliphatic carbocycles. The molecule has 1 unspecified atom stereocenters. The van der Waals surface area contributed by atoms with Gasteiger partial charge in [0.1, 0.15) is 6.04 Å². The molecule has 0 radical (unpaired) electrons. The molecule has 2 rings (SSSR count). The number of carbonyl (C=O) groups excluding carboxylic acids is 1. The lowest BCUT2D eigenvalue weighted by Gasteiger charge is -2.30. The van der Waals surface area contributed by atoms with E-state index in [1.165, 1.54) is 11.1 Å². The van der Waals surface area contributed by atoms with Crippen molar-refractivity contribution in [2.75, 3.05) is 31.6 Å². The van der Waals surface area contributed by atoms with Crippen LogP contribution < -0.4 is 5.32 Å². The zero-order valence-electron chi connectivity index (χ0n) is 11.9. The lowest BCUT2D eigenvalue weighted by Crippen LogP contribution is -2.47. The van der Waals surface area contributed by atoms with Crippen LogP contribution in [0.25, 0.3) is 0 Å². The summed E-state index contributed by atoms with van der Waals surface area (Å²) in [6.07, 6.45) is 0. The zero-order chi connectivity index (χ0) is 13.8. The van der Waals surface area contributed by atoms with Gasteiger partial charge in [-0.1, -0.05) is 12.1 Å². The first kappa shape index (κ1) is 13.9. The van der Waals surface area contributed by atoms with Crippen molar-refractivity contribution in [1.82, 2.24) is 4.90 Å². The molecule has 4 heteroatoms. The van der Waals surface area contributed by atoms with E-state index in [-0.39, 0.29) is 11.9 Å². The Morgan fingerprint density at radius 3 is 2.68 bits per heavy atom. The summed E-state index contributed by atoms with van der Waals surface area (Å²) in [6.45, 7) is 8.73. The van der Waals surface area contributed by atoms with E-state index in [9.17, 15) is 4.79 Å². The predicted octanol–water partition coefficient (Wildman–Crippen LogP) is 1.96. The summed E-state index contributed by atoms with van der Waals surface area (Å²) in [5, 5.41) is 3.32. The molecule has 4 nitrogen and oxygen atoms in total. The Kier molecular flexibility index (Phi) is 4.43. The summed E-state index contributed by atoms with van der Waals surface area (Å²) < 4.78 is 5.27. The smallest absolute Gasteiger partial charge is 0.244 e. The fraction of sp³-hybridized carbons (Fsp3) is 0.533. The molecule has 104 valence electrons. The Hall–Kier alpha value is -1.55. The van der Waals surface area contributed by atoms with Gasteiger partial charge in [0.15, 0.2) is 0 Å². The number of ether oxygens (including phenoxy) is 1. The summed E-state index contributed by atoms with van der Waals surface area (Å²) in [6, 6.07) is 5.90. The van der Waals surface area contributed by atoms with Crippen LogP contribution in [0.5, 0.6) is 0 Å². The number of morpholine rings is 1. The number of hydrogen-bond donors (Lipinski definition) is 1. The quantitative estimate of drug-likeness (QED) is 0.905. The van der Waals surface area contributed by atoms with Gasteiger partial charge in [0.2, 0.25) is 5.91 Å². The number of rotatable bonds is 3. The van der Waals surface area contributed by atoms with Crippen molar-refractivity contribution in [2.45, 2.75) is 26.8 Å². The lowest BCUT2D eigenvalue weighted by molar-refractivity contribution is -0.135. The molecule has 1 aliphatic rings. The third kappa shape index (κ3) is 3.26. The maximum Gasteiger partial charge on any atom is 0.244 e. The third-order valence-electron chi connectivity index (χ3n) is 3.67. The molecule has 0 spiro atoms. The maximum absolute atomic E-state index is 12.3. The number of carbonyl (C=O) groups is 1. The van der Waals surface area contributed by atoms with Crippen LogP contribution in [0.1, 0.15) is 18.1 Å². The number of benzene rings is 1. The molecule has 1 amide bonds. The monoisotopic (exact) mass is 262 g/mol. The van der Waals surface area contributed by atoms with E-state index in [4.69, 9.17) is 4.74 Å². The fourth-order valence-corrected chi connectivity index (χ4v) is 2.26. The first-order chi connectivity index (χ1) is 9.09. The van der Waals surface area contributed by atoms with Gasteiger partial charge in [-0.05, 0) is 38.0 Å². The van der Waals surface area contributed by atoms with Crippen LogP contribution in [-0.4, -0.2) is 43.2 Å². The Labute approximate surface area is 114 Å². The van der Waals surface area contributed by atoms with Gasteiger partial charge in [-0.25, -0.2) is 0 Å². The van der Waals surface area contributed by atoms with Crippen molar-refractivity contribution < 1.29 is 9.53 Å². The SMILES string of the molecule is Cc1cccc(NC(C)C(=O)N2CCOCC2)c1C. The molecule has 0 saturated carbocycles. The zero-order valence-corrected chi connectivity index (χ0v) is 11.9. The molecule has 1 fully saturated rings. The van der Waals surface area contributed by atoms with E-state index in [1.807, 2.05) is 24.0 Å². The minimum Gasteiger partial charge on any atom is -0.378 e. The van der Waals surface area contributed by atoms with Crippen molar-refractivity contribution in [3.8, 4) is 0 Å². The molecule has 1 aliphatic heterocycles. The standard InChI is InChI=1S/C15H22N2O2/c1-11-5-4-6-14(12(11)2)16-13(3)15(18)17-7-9-19-10-8-17/h4-6,13,16H,7-10H2,1-3H3. The van der Waals surface area contributed by atoms with E-state index in [0.717, 1.165) is 5.69 Å². The summed E-state index contributed by atoms with van der Waals surface area (Å²) in [5.41, 5.74) is 3.47. The molecule has 1 aromatic rings. The molecule has 1 N–H and O–H groups in total. The number of anilines is 1. The number of amides is 1. The second kappa shape index (κ2) is 6.06. The van der Waals surface area contributed by atoms with Gasteiger partial charge in [0.25, 0.3) is 0 Å². The molecule has 0 aromatic heterocycles. The molecule has 1 saturated heterocycles. The Bertz CT molecular complexity index is 453. The van der Waals surface area contributed by atoms with Gasteiger partial charge in [-0.3, -0.25) is 4.79 Å². The Morgan fingerprint density at radius 2 is 2.00 bits per heavy atom. The van der Waals surface area contributed by atoms with Crippen molar-refractivity contribution in [3.05, 3.63) is 29.3 Å². The average Bonchev–Trinajstić information content (AvgIpc) is 2.44. The number of nitrogens with zero attached hydrogens (tertiary/aromatic N) is 1. The largest absolute Gasteiger partial charge is 0.378 e. The molecular weight excluding hydrogens is 240 g/mol. The highest BCUT2D eigenvalue weighted by molar-refractivity contribution is 5.84. The summed E-state index contributed by atoms with van der Waals surface area (Å²) in [5.74, 6) is 0.143. The normalized spacial score (nSPS) is 17.1. The summed E-state index contributed by atoms with van der Waals surface area (Å²) in [4.78, 5) is 14.2. The first-order valence-electron chi connectivity index (χ1n) is 6.79. The van der Waals surface area contributed by atoms with Crippen LogP contribution >= 0.6 is 0 Å². The molecule has 19 heavy (non-hydrogen) atoms. The van der Waals surface area contributed by atoms with Crippen LogP contribution in [0.4, 0.5) is 5.69 Å². The van der Waals surface area contributed by atoms with Crippen LogP contribution in [0.15, 0.2) is 18.2 Å². The van der Waals surface area contributed by atoms with Gasteiger partial charge < -0.3 is 15.0 Å². The highest BCUT2D eigenvalue weighted by Crippen LogP contribution is 2.19. The second-order valence-electron chi connectivity index (χ2n) is 5.05. The maximum atomic E-state index is 12.3. The van der Waals surface area contributed by atoms with E-state index in [0.29, 0.717) is 26.3 Å². The topological polar surface area (TPSA) is 41.6 Å². The molecule has 1 aromatic carbocycles.